The highest BCUT2D eigenvalue weighted by Crippen LogP contribution is 2.19. The summed E-state index contributed by atoms with van der Waals surface area (Å²) in [6.07, 6.45) is -4.39. The monoisotopic (exact) mass is 305 g/mol. The van der Waals surface area contributed by atoms with Crippen molar-refractivity contribution in [2.45, 2.75) is 12.7 Å². The first kappa shape index (κ1) is 16.9. The van der Waals surface area contributed by atoms with Crippen LogP contribution in [0.2, 0.25) is 0 Å². The van der Waals surface area contributed by atoms with Crippen molar-refractivity contribution < 1.29 is 22.9 Å². The number of nitro groups is 1. The van der Waals surface area contributed by atoms with Crippen LogP contribution in [0.3, 0.4) is 0 Å². The maximum atomic E-state index is 11.9. The van der Waals surface area contributed by atoms with Gasteiger partial charge in [-0.3, -0.25) is 14.9 Å². The van der Waals surface area contributed by atoms with Crippen LogP contribution in [0.4, 0.5) is 18.9 Å². The number of rotatable bonds is 6. The van der Waals surface area contributed by atoms with Crippen molar-refractivity contribution in [1.82, 2.24) is 10.2 Å². The normalized spacial score (nSPS) is 11.2. The maximum Gasteiger partial charge on any atom is 0.401 e. The fourth-order valence-corrected chi connectivity index (χ4v) is 1.61. The zero-order chi connectivity index (χ0) is 16.0. The molecule has 0 radical (unpaired) electrons. The summed E-state index contributed by atoms with van der Waals surface area (Å²) in [5, 5.41) is 12.8. The zero-order valence-corrected chi connectivity index (χ0v) is 11.2. The summed E-state index contributed by atoms with van der Waals surface area (Å²) < 4.78 is 35.8. The molecular formula is C12H14F3N3O3. The number of hydrogen-bond acceptors (Lipinski definition) is 4. The third-order valence-corrected chi connectivity index (χ3v) is 2.62. The molecule has 1 N–H and O–H groups in total. The molecule has 0 aliphatic heterocycles. The van der Waals surface area contributed by atoms with Gasteiger partial charge in [-0.15, -0.1) is 0 Å². The molecule has 0 saturated carbocycles. The number of nitro benzene ring substituents is 1. The minimum Gasteiger partial charge on any atom is -0.340 e. The molecule has 0 bridgehead atoms. The van der Waals surface area contributed by atoms with E-state index in [2.05, 4.69) is 0 Å². The average molecular weight is 305 g/mol. The van der Waals surface area contributed by atoms with Crippen molar-refractivity contribution in [3.05, 3.63) is 39.9 Å². The van der Waals surface area contributed by atoms with Gasteiger partial charge < -0.3 is 10.2 Å². The van der Waals surface area contributed by atoms with Gasteiger partial charge in [0, 0.05) is 18.7 Å². The Morgan fingerprint density at radius 1 is 1.38 bits per heavy atom. The first-order valence-electron chi connectivity index (χ1n) is 5.94. The molecule has 0 aliphatic rings. The molecule has 1 aromatic rings. The number of benzene rings is 1. The van der Waals surface area contributed by atoms with Gasteiger partial charge in [0.2, 0.25) is 5.91 Å². The average Bonchev–Trinajstić information content (AvgIpc) is 2.37. The molecule has 1 amide bonds. The molecule has 1 rings (SSSR count). The Morgan fingerprint density at radius 2 is 2.00 bits per heavy atom. The van der Waals surface area contributed by atoms with Gasteiger partial charge in [-0.1, -0.05) is 18.2 Å². The molecule has 0 fully saturated rings. The quantitative estimate of drug-likeness (QED) is 0.641. The fraction of sp³-hybridized carbons (Fsp3) is 0.417. The van der Waals surface area contributed by atoms with Gasteiger partial charge in [-0.2, -0.15) is 13.2 Å². The number of nitrogens with zero attached hydrogens (tertiary/aromatic N) is 2. The van der Waals surface area contributed by atoms with Gasteiger partial charge in [-0.05, 0) is 0 Å². The summed E-state index contributed by atoms with van der Waals surface area (Å²) in [6.45, 7) is -1.81. The molecule has 116 valence electrons. The summed E-state index contributed by atoms with van der Waals surface area (Å²) in [6, 6.07) is 5.87. The zero-order valence-electron chi connectivity index (χ0n) is 11.2. The van der Waals surface area contributed by atoms with Crippen molar-refractivity contribution in [3.8, 4) is 0 Å². The van der Waals surface area contributed by atoms with Gasteiger partial charge in [0.25, 0.3) is 5.69 Å². The van der Waals surface area contributed by atoms with E-state index in [1.807, 2.05) is 5.32 Å². The number of amides is 1. The minimum absolute atomic E-state index is 0.0519. The molecule has 0 atom stereocenters. The van der Waals surface area contributed by atoms with Crippen molar-refractivity contribution in [1.29, 1.82) is 0 Å². The fourth-order valence-electron chi connectivity index (χ4n) is 1.61. The second-order valence-electron chi connectivity index (χ2n) is 4.35. The van der Waals surface area contributed by atoms with Crippen LogP contribution >= 0.6 is 0 Å². The topological polar surface area (TPSA) is 75.5 Å². The van der Waals surface area contributed by atoms with E-state index in [9.17, 15) is 28.1 Å². The number of para-hydroxylation sites is 1. The third kappa shape index (κ3) is 5.78. The van der Waals surface area contributed by atoms with E-state index in [-0.39, 0.29) is 12.2 Å². The van der Waals surface area contributed by atoms with Gasteiger partial charge in [0.1, 0.15) is 0 Å². The highest BCUT2D eigenvalue weighted by Gasteiger charge is 2.27. The lowest BCUT2D eigenvalue weighted by molar-refractivity contribution is -0.385. The Balaban J connectivity index is 2.59. The lowest BCUT2D eigenvalue weighted by Crippen LogP contribution is -2.39. The molecule has 1 aromatic carbocycles. The smallest absolute Gasteiger partial charge is 0.340 e. The summed E-state index contributed by atoms with van der Waals surface area (Å²) >= 11 is 0. The number of carbonyl (C=O) groups is 1. The van der Waals surface area contributed by atoms with Crippen LogP contribution in [0.25, 0.3) is 0 Å². The molecule has 0 spiro atoms. The van der Waals surface area contributed by atoms with Crippen LogP contribution in [-0.2, 0) is 11.3 Å². The van der Waals surface area contributed by atoms with Crippen LogP contribution in [0.5, 0.6) is 0 Å². The van der Waals surface area contributed by atoms with Crippen LogP contribution in [0, 0.1) is 10.1 Å². The summed E-state index contributed by atoms with van der Waals surface area (Å²) in [5.41, 5.74) is 0.176. The number of halogens is 3. The first-order chi connectivity index (χ1) is 9.70. The first-order valence-corrected chi connectivity index (χ1v) is 5.94. The van der Waals surface area contributed by atoms with E-state index in [4.69, 9.17) is 0 Å². The Kier molecular flexibility index (Phi) is 5.65. The number of carbonyl (C=O) groups excluding carboxylic acids is 1. The Hall–Kier alpha value is -2.16. The standard InChI is InChI=1S/C12H14F3N3O3/c1-17(11(19)6-16-8-12(13,14)15)7-9-4-2-3-5-10(9)18(20)21/h2-5,16H,6-8H2,1H3. The summed E-state index contributed by atoms with van der Waals surface area (Å²) in [4.78, 5) is 23.0. The number of likely N-dealkylation sites (N-methyl/N-ethyl adjacent to an activating group) is 1. The highest BCUT2D eigenvalue weighted by atomic mass is 19.4. The van der Waals surface area contributed by atoms with Crippen molar-refractivity contribution >= 4 is 11.6 Å². The van der Waals surface area contributed by atoms with E-state index >= 15 is 0 Å². The molecule has 0 unspecified atom stereocenters. The summed E-state index contributed by atoms with van der Waals surface area (Å²) in [5.74, 6) is -0.586. The molecule has 0 saturated heterocycles. The molecule has 0 heterocycles. The van der Waals surface area contributed by atoms with Crippen molar-refractivity contribution in [2.75, 3.05) is 20.1 Å². The Morgan fingerprint density at radius 3 is 2.57 bits per heavy atom. The largest absolute Gasteiger partial charge is 0.401 e. The third-order valence-electron chi connectivity index (χ3n) is 2.62. The second kappa shape index (κ2) is 7.02. The molecule has 0 aromatic heterocycles. The van der Waals surface area contributed by atoms with Crippen LogP contribution < -0.4 is 5.32 Å². The van der Waals surface area contributed by atoms with Crippen LogP contribution in [-0.4, -0.2) is 42.0 Å². The van der Waals surface area contributed by atoms with Gasteiger partial charge >= 0.3 is 6.18 Å². The van der Waals surface area contributed by atoms with E-state index in [1.165, 1.54) is 25.2 Å². The Labute approximate surface area is 118 Å². The SMILES string of the molecule is CN(Cc1ccccc1[N+](=O)[O-])C(=O)CNCC(F)(F)F. The van der Waals surface area contributed by atoms with E-state index in [1.54, 1.807) is 6.07 Å². The van der Waals surface area contributed by atoms with Crippen molar-refractivity contribution in [2.24, 2.45) is 0 Å². The Bertz CT molecular complexity index is 520. The molecule has 21 heavy (non-hydrogen) atoms. The summed E-state index contributed by atoms with van der Waals surface area (Å²) in [7, 11) is 1.37. The molecule has 6 nitrogen and oxygen atoms in total. The van der Waals surface area contributed by atoms with Crippen molar-refractivity contribution in [3.63, 3.8) is 0 Å². The van der Waals surface area contributed by atoms with Gasteiger partial charge in [-0.25, -0.2) is 0 Å². The van der Waals surface area contributed by atoms with E-state index < -0.39 is 30.1 Å². The van der Waals surface area contributed by atoms with Crippen LogP contribution in [0.1, 0.15) is 5.56 Å². The van der Waals surface area contributed by atoms with Crippen LogP contribution in [0.15, 0.2) is 24.3 Å². The lowest BCUT2D eigenvalue weighted by atomic mass is 10.1. The van der Waals surface area contributed by atoms with E-state index in [0.29, 0.717) is 5.56 Å². The van der Waals surface area contributed by atoms with Gasteiger partial charge in [0.15, 0.2) is 0 Å². The predicted octanol–water partition coefficient (Wildman–Crippen LogP) is 1.71. The molecular weight excluding hydrogens is 291 g/mol. The van der Waals surface area contributed by atoms with E-state index in [0.717, 1.165) is 4.90 Å². The van der Waals surface area contributed by atoms with Gasteiger partial charge in [0.05, 0.1) is 24.6 Å². The second-order valence-corrected chi connectivity index (χ2v) is 4.35. The number of hydrogen-bond donors (Lipinski definition) is 1. The molecule has 9 heteroatoms. The number of nitrogens with one attached hydrogen (secondary N) is 1. The highest BCUT2D eigenvalue weighted by molar-refractivity contribution is 5.78. The minimum atomic E-state index is -4.39. The predicted molar refractivity (Wildman–Crippen MR) is 68.5 cm³/mol. The lowest BCUT2D eigenvalue weighted by Gasteiger charge is -2.18. The molecule has 0 aliphatic carbocycles. The maximum absolute atomic E-state index is 11.9. The number of alkyl halides is 3.